The molecular formula is C35H54O6. The van der Waals surface area contributed by atoms with Crippen molar-refractivity contribution in [3.8, 4) is 0 Å². The lowest BCUT2D eigenvalue weighted by Crippen LogP contribution is -2.31. The molecule has 1 saturated carbocycles. The molecule has 2 heterocycles. The number of Topliss-reactive ketones (excluding diaryl/α,β-unsaturated/α-hetero) is 1. The van der Waals surface area contributed by atoms with Crippen molar-refractivity contribution in [2.75, 3.05) is 13.2 Å². The van der Waals surface area contributed by atoms with E-state index in [1.807, 2.05) is 6.07 Å². The zero-order chi connectivity index (χ0) is 28.0. The first-order valence-corrected chi connectivity index (χ1v) is 15.7. The number of ketones is 1. The molecule has 2 unspecified atom stereocenters. The fourth-order valence-corrected chi connectivity index (χ4v) is 6.11. The highest BCUT2D eigenvalue weighted by atomic mass is 16.7. The summed E-state index contributed by atoms with van der Waals surface area (Å²) in [5, 5.41) is 11.1. The standard InChI is InChI=1S/C34H50O6.CH4/c1-26(35)13-5-2-3-8-16-29-30(32(25-31(29)36)40-34-18-10-12-24-38-34)22-21-28(39-33-17-9-11-23-37-33)20-19-27-14-6-4-7-15-27;/h3-4,6-8,14-15,21-22,28-34,36H,2,5,9-13,16-20,23-25H2,1H3;1H4/b8-3-,22-21+;/t28-,29+,30+,31-,32+,33?,34?;/m0./s1. The molecule has 0 amide bonds. The summed E-state index contributed by atoms with van der Waals surface area (Å²) in [4.78, 5) is 11.2. The SMILES string of the molecule is C.CC(=O)CCC/C=C\C[C@@H]1[C@@H](/C=C/[C@H](CCc2ccccc2)OC2CCCCO2)[C@H](OC2CCCCO2)C[C@@H]1O. The van der Waals surface area contributed by atoms with Gasteiger partial charge in [-0.25, -0.2) is 0 Å². The molecule has 1 aliphatic carbocycles. The number of hydrogen-bond acceptors (Lipinski definition) is 6. The van der Waals surface area contributed by atoms with E-state index in [-0.39, 0.29) is 49.8 Å². The van der Waals surface area contributed by atoms with Gasteiger partial charge in [-0.3, -0.25) is 0 Å². The first-order chi connectivity index (χ1) is 19.6. The Balaban J connectivity index is 0.00000462. The van der Waals surface area contributed by atoms with E-state index >= 15 is 0 Å². The third kappa shape index (κ3) is 11.8. The number of aliphatic hydroxyl groups is 1. The van der Waals surface area contributed by atoms with Gasteiger partial charge in [-0.1, -0.05) is 62.1 Å². The Kier molecular flexibility index (Phi) is 15.3. The van der Waals surface area contributed by atoms with E-state index < -0.39 is 6.10 Å². The van der Waals surface area contributed by atoms with Gasteiger partial charge in [0.15, 0.2) is 12.6 Å². The summed E-state index contributed by atoms with van der Waals surface area (Å²) in [7, 11) is 0. The molecule has 3 aliphatic rings. The molecule has 1 aromatic carbocycles. The maximum atomic E-state index is 11.2. The lowest BCUT2D eigenvalue weighted by atomic mass is 9.89. The molecule has 0 bridgehead atoms. The molecule has 6 heteroatoms. The molecule has 7 atom stereocenters. The van der Waals surface area contributed by atoms with Gasteiger partial charge < -0.3 is 28.8 Å². The summed E-state index contributed by atoms with van der Waals surface area (Å²) in [6, 6.07) is 10.5. The minimum Gasteiger partial charge on any atom is -0.393 e. The molecule has 2 saturated heterocycles. The summed E-state index contributed by atoms with van der Waals surface area (Å²) >= 11 is 0. The van der Waals surface area contributed by atoms with Crippen molar-refractivity contribution in [3.05, 3.63) is 60.2 Å². The Morgan fingerprint density at radius 2 is 1.78 bits per heavy atom. The largest absolute Gasteiger partial charge is 0.393 e. The Bertz CT molecular complexity index is 902. The monoisotopic (exact) mass is 570 g/mol. The molecule has 6 nitrogen and oxygen atoms in total. The van der Waals surface area contributed by atoms with Gasteiger partial charge in [0.1, 0.15) is 5.78 Å². The number of unbranched alkanes of at least 4 members (excludes halogenated alkanes) is 1. The normalized spacial score (nSPS) is 29.5. The minimum absolute atomic E-state index is 0. The second-order valence-corrected chi connectivity index (χ2v) is 11.7. The maximum absolute atomic E-state index is 11.2. The smallest absolute Gasteiger partial charge is 0.158 e. The summed E-state index contributed by atoms with van der Waals surface area (Å²) in [5.41, 5.74) is 1.30. The van der Waals surface area contributed by atoms with E-state index in [0.29, 0.717) is 12.8 Å². The molecule has 1 aromatic rings. The van der Waals surface area contributed by atoms with Crippen LogP contribution in [-0.4, -0.2) is 55.0 Å². The molecule has 0 radical (unpaired) electrons. The molecule has 41 heavy (non-hydrogen) atoms. The highest BCUT2D eigenvalue weighted by Crippen LogP contribution is 2.39. The minimum atomic E-state index is -0.435. The summed E-state index contributed by atoms with van der Waals surface area (Å²) in [5.74, 6) is 0.365. The molecular weight excluding hydrogens is 516 g/mol. The van der Waals surface area contributed by atoms with Crippen molar-refractivity contribution in [2.45, 2.75) is 129 Å². The average Bonchev–Trinajstić information content (AvgIpc) is 3.26. The molecule has 3 fully saturated rings. The predicted molar refractivity (Wildman–Crippen MR) is 163 cm³/mol. The number of aliphatic hydroxyl groups excluding tert-OH is 1. The van der Waals surface area contributed by atoms with Crippen molar-refractivity contribution in [1.82, 2.24) is 0 Å². The van der Waals surface area contributed by atoms with Crippen LogP contribution in [0, 0.1) is 11.8 Å². The first-order valence-electron chi connectivity index (χ1n) is 15.7. The third-order valence-corrected chi connectivity index (χ3v) is 8.40. The van der Waals surface area contributed by atoms with Gasteiger partial charge >= 0.3 is 0 Å². The van der Waals surface area contributed by atoms with E-state index in [0.717, 1.165) is 83.8 Å². The van der Waals surface area contributed by atoms with Crippen molar-refractivity contribution < 1.29 is 28.8 Å². The van der Waals surface area contributed by atoms with Crippen molar-refractivity contribution in [2.24, 2.45) is 11.8 Å². The Morgan fingerprint density at radius 1 is 1.05 bits per heavy atom. The molecule has 4 rings (SSSR count). The maximum Gasteiger partial charge on any atom is 0.158 e. The van der Waals surface area contributed by atoms with E-state index in [2.05, 4.69) is 48.6 Å². The molecule has 0 spiro atoms. The number of benzene rings is 1. The second kappa shape index (κ2) is 18.7. The fraction of sp³-hybridized carbons (Fsp3) is 0.686. The van der Waals surface area contributed by atoms with Crippen LogP contribution in [0.15, 0.2) is 54.6 Å². The van der Waals surface area contributed by atoms with Crippen LogP contribution >= 0.6 is 0 Å². The topological polar surface area (TPSA) is 74.2 Å². The van der Waals surface area contributed by atoms with Gasteiger partial charge in [-0.2, -0.15) is 0 Å². The van der Waals surface area contributed by atoms with Crippen LogP contribution in [0.3, 0.4) is 0 Å². The highest BCUT2D eigenvalue weighted by molar-refractivity contribution is 5.75. The number of carbonyl (C=O) groups excluding carboxylic acids is 1. The van der Waals surface area contributed by atoms with E-state index in [4.69, 9.17) is 18.9 Å². The lowest BCUT2D eigenvalue weighted by molar-refractivity contribution is -0.193. The van der Waals surface area contributed by atoms with Gasteiger partial charge in [0.25, 0.3) is 0 Å². The van der Waals surface area contributed by atoms with Crippen molar-refractivity contribution in [3.63, 3.8) is 0 Å². The van der Waals surface area contributed by atoms with E-state index in [1.54, 1.807) is 6.92 Å². The van der Waals surface area contributed by atoms with E-state index in [9.17, 15) is 9.90 Å². The number of allylic oxidation sites excluding steroid dienone is 2. The zero-order valence-corrected chi connectivity index (χ0v) is 24.3. The number of rotatable bonds is 15. The van der Waals surface area contributed by atoms with Crippen LogP contribution in [0.4, 0.5) is 0 Å². The van der Waals surface area contributed by atoms with Crippen LogP contribution < -0.4 is 0 Å². The van der Waals surface area contributed by atoms with Gasteiger partial charge in [0, 0.05) is 32.0 Å². The summed E-state index contributed by atoms with van der Waals surface area (Å²) in [6.07, 6.45) is 19.6. The van der Waals surface area contributed by atoms with Crippen LogP contribution in [0.25, 0.3) is 0 Å². The van der Waals surface area contributed by atoms with Gasteiger partial charge in [0.2, 0.25) is 0 Å². The second-order valence-electron chi connectivity index (χ2n) is 11.7. The van der Waals surface area contributed by atoms with Crippen molar-refractivity contribution >= 4 is 5.78 Å². The quantitative estimate of drug-likeness (QED) is 0.176. The third-order valence-electron chi connectivity index (χ3n) is 8.40. The number of aryl methyl sites for hydroxylation is 1. The summed E-state index contributed by atoms with van der Waals surface area (Å²) in [6.45, 7) is 3.14. The lowest BCUT2D eigenvalue weighted by Gasteiger charge is -2.30. The fourth-order valence-electron chi connectivity index (χ4n) is 6.11. The van der Waals surface area contributed by atoms with Gasteiger partial charge in [-0.05, 0) is 89.0 Å². The van der Waals surface area contributed by atoms with Crippen LogP contribution in [-0.2, 0) is 30.2 Å². The van der Waals surface area contributed by atoms with Gasteiger partial charge in [-0.15, -0.1) is 0 Å². The predicted octanol–water partition coefficient (Wildman–Crippen LogP) is 7.34. The zero-order valence-electron chi connectivity index (χ0n) is 24.3. The molecule has 1 N–H and O–H groups in total. The first kappa shape index (κ1) is 33.7. The molecule has 0 aromatic heterocycles. The van der Waals surface area contributed by atoms with Crippen LogP contribution in [0.5, 0.6) is 0 Å². The molecule has 2 aliphatic heterocycles. The molecule has 230 valence electrons. The van der Waals surface area contributed by atoms with E-state index in [1.165, 1.54) is 5.56 Å². The Hall–Kier alpha value is -1.83. The number of carbonyl (C=O) groups is 1. The Morgan fingerprint density at radius 3 is 2.46 bits per heavy atom. The summed E-state index contributed by atoms with van der Waals surface area (Å²) < 4.78 is 24.8. The number of hydrogen-bond donors (Lipinski definition) is 1. The number of ether oxygens (including phenoxy) is 4. The van der Waals surface area contributed by atoms with Gasteiger partial charge in [0.05, 0.1) is 18.3 Å². The van der Waals surface area contributed by atoms with Crippen LogP contribution in [0.1, 0.15) is 97.0 Å². The van der Waals surface area contributed by atoms with Crippen molar-refractivity contribution in [1.29, 1.82) is 0 Å². The highest BCUT2D eigenvalue weighted by Gasteiger charge is 2.42. The Labute approximate surface area is 248 Å². The average molecular weight is 571 g/mol. The van der Waals surface area contributed by atoms with Crippen LogP contribution in [0.2, 0.25) is 0 Å².